The van der Waals surface area contributed by atoms with Gasteiger partial charge in [-0.25, -0.2) is 13.8 Å². The fraction of sp³-hybridized carbons (Fsp3) is 0.357. The van der Waals surface area contributed by atoms with Crippen LogP contribution in [0.1, 0.15) is 41.7 Å². The van der Waals surface area contributed by atoms with Crippen molar-refractivity contribution in [2.24, 2.45) is 5.92 Å². The van der Waals surface area contributed by atoms with Crippen molar-refractivity contribution in [2.45, 2.75) is 31.3 Å². The molecular weight excluding hydrogens is 504 g/mol. The van der Waals surface area contributed by atoms with Gasteiger partial charge < -0.3 is 19.3 Å². The molecule has 1 heterocycles. The van der Waals surface area contributed by atoms with Crippen molar-refractivity contribution in [1.29, 1.82) is 0 Å². The first-order chi connectivity index (χ1) is 17.8. The van der Waals surface area contributed by atoms with E-state index in [-0.39, 0.29) is 36.2 Å². The molecule has 6 nitrogen and oxygen atoms in total. The third-order valence-electron chi connectivity index (χ3n) is 6.52. The van der Waals surface area contributed by atoms with Crippen LogP contribution in [0, 0.1) is 11.7 Å². The van der Waals surface area contributed by atoms with Gasteiger partial charge in [-0.15, -0.1) is 0 Å². The normalized spacial score (nSPS) is 14.6. The summed E-state index contributed by atoms with van der Waals surface area (Å²) in [5.41, 5.74) is 0.426. The Labute approximate surface area is 219 Å². The summed E-state index contributed by atoms with van der Waals surface area (Å²) in [7, 11) is 2.94. The van der Waals surface area contributed by atoms with E-state index in [9.17, 15) is 18.7 Å². The molecule has 37 heavy (non-hydrogen) atoms. The van der Waals surface area contributed by atoms with Crippen molar-refractivity contribution in [2.75, 3.05) is 27.5 Å². The van der Waals surface area contributed by atoms with Gasteiger partial charge in [0.05, 0.1) is 24.9 Å². The van der Waals surface area contributed by atoms with E-state index in [0.717, 1.165) is 12.8 Å². The van der Waals surface area contributed by atoms with Gasteiger partial charge in [-0.2, -0.15) is 0 Å². The fourth-order valence-electron chi connectivity index (χ4n) is 4.36. The van der Waals surface area contributed by atoms with Crippen LogP contribution in [0.5, 0.6) is 17.2 Å². The van der Waals surface area contributed by atoms with Crippen LogP contribution in [0.2, 0.25) is 5.02 Å². The van der Waals surface area contributed by atoms with Crippen LogP contribution in [-0.2, 0) is 5.60 Å². The molecule has 0 aliphatic heterocycles. The molecule has 0 amide bonds. The number of carbonyl (C=O) groups is 1. The lowest BCUT2D eigenvalue weighted by atomic mass is 9.86. The van der Waals surface area contributed by atoms with Gasteiger partial charge in [0, 0.05) is 17.5 Å². The molecule has 1 aromatic heterocycles. The number of alkyl halides is 1. The monoisotopic (exact) mass is 531 g/mol. The zero-order chi connectivity index (χ0) is 26.6. The van der Waals surface area contributed by atoms with E-state index >= 15 is 0 Å². The summed E-state index contributed by atoms with van der Waals surface area (Å²) >= 11 is 5.98. The highest BCUT2D eigenvalue weighted by Crippen LogP contribution is 2.49. The number of methoxy groups -OCH3 is 2. The van der Waals surface area contributed by atoms with Gasteiger partial charge in [0.2, 0.25) is 0 Å². The number of carbonyl (C=O) groups excluding carboxylic acids is 1. The van der Waals surface area contributed by atoms with Crippen LogP contribution in [0.3, 0.4) is 0 Å². The summed E-state index contributed by atoms with van der Waals surface area (Å²) in [6, 6.07) is 12.4. The molecule has 1 atom stereocenters. The maximum Gasteiger partial charge on any atom is 0.163 e. The molecule has 1 unspecified atom stereocenters. The van der Waals surface area contributed by atoms with Gasteiger partial charge >= 0.3 is 0 Å². The molecule has 3 aromatic rings. The molecule has 4 rings (SSSR count). The number of halogens is 3. The highest BCUT2D eigenvalue weighted by atomic mass is 35.5. The quantitative estimate of drug-likeness (QED) is 0.282. The third kappa shape index (κ3) is 5.86. The number of pyridine rings is 1. The SMILES string of the molecule is COc1cc(C(=O)CCC(O)(c2ccc(OC)c(-c3ccc(F)c(Cl)c3)n2)C2CC2)ccc1OCCF. The lowest BCUT2D eigenvalue weighted by molar-refractivity contribution is -0.00110. The minimum Gasteiger partial charge on any atom is -0.494 e. The van der Waals surface area contributed by atoms with E-state index in [1.807, 2.05) is 0 Å². The lowest BCUT2D eigenvalue weighted by Gasteiger charge is -2.28. The van der Waals surface area contributed by atoms with Crippen LogP contribution in [-0.4, -0.2) is 43.4 Å². The first kappa shape index (κ1) is 26.8. The van der Waals surface area contributed by atoms with Gasteiger partial charge in [0.25, 0.3) is 0 Å². The second-order valence-electron chi connectivity index (χ2n) is 8.90. The number of aromatic nitrogens is 1. The molecule has 0 spiro atoms. The zero-order valence-corrected chi connectivity index (χ0v) is 21.4. The molecule has 196 valence electrons. The number of benzene rings is 2. The van der Waals surface area contributed by atoms with E-state index in [4.69, 9.17) is 30.8 Å². The van der Waals surface area contributed by atoms with Crippen molar-refractivity contribution < 1.29 is 32.9 Å². The molecule has 1 aliphatic rings. The molecule has 1 saturated carbocycles. The maximum atomic E-state index is 13.7. The largest absolute Gasteiger partial charge is 0.494 e. The van der Waals surface area contributed by atoms with Crippen molar-refractivity contribution in [3.05, 3.63) is 70.6 Å². The van der Waals surface area contributed by atoms with Crippen LogP contribution >= 0.6 is 11.6 Å². The summed E-state index contributed by atoms with van der Waals surface area (Å²) < 4.78 is 42.2. The second-order valence-corrected chi connectivity index (χ2v) is 9.31. The summed E-state index contributed by atoms with van der Waals surface area (Å²) in [6.45, 7) is -0.752. The number of ether oxygens (including phenoxy) is 3. The topological polar surface area (TPSA) is 77.9 Å². The predicted octanol–water partition coefficient (Wildman–Crippen LogP) is 6.17. The van der Waals surface area contributed by atoms with Gasteiger partial charge in [0.15, 0.2) is 17.3 Å². The van der Waals surface area contributed by atoms with E-state index in [1.165, 1.54) is 26.4 Å². The third-order valence-corrected chi connectivity index (χ3v) is 6.81. The molecule has 0 bridgehead atoms. The Morgan fingerprint density at radius 2 is 1.81 bits per heavy atom. The predicted molar refractivity (Wildman–Crippen MR) is 136 cm³/mol. The van der Waals surface area contributed by atoms with E-state index in [2.05, 4.69) is 0 Å². The Bertz CT molecular complexity index is 1280. The number of Topliss-reactive ketones (excluding diaryl/α,β-unsaturated/α-hetero) is 1. The summed E-state index contributed by atoms with van der Waals surface area (Å²) in [5.74, 6) is 0.346. The summed E-state index contributed by atoms with van der Waals surface area (Å²) in [4.78, 5) is 17.8. The van der Waals surface area contributed by atoms with Crippen molar-refractivity contribution in [1.82, 2.24) is 4.98 Å². The summed E-state index contributed by atoms with van der Waals surface area (Å²) in [5, 5.41) is 11.7. The number of hydrogen-bond donors (Lipinski definition) is 1. The second kappa shape index (κ2) is 11.4. The van der Waals surface area contributed by atoms with Crippen LogP contribution < -0.4 is 14.2 Å². The van der Waals surface area contributed by atoms with Gasteiger partial charge in [0.1, 0.15) is 36.1 Å². The number of rotatable bonds is 12. The molecule has 1 N–H and O–H groups in total. The van der Waals surface area contributed by atoms with Gasteiger partial charge in [-0.1, -0.05) is 11.6 Å². The molecule has 0 saturated heterocycles. The maximum absolute atomic E-state index is 13.7. The Morgan fingerprint density at radius 1 is 1.08 bits per heavy atom. The molecule has 1 fully saturated rings. The van der Waals surface area contributed by atoms with Crippen molar-refractivity contribution in [3.63, 3.8) is 0 Å². The standard InChI is InChI=1S/C28H28ClF2NO5/c1-35-24-9-10-26(32-27(24)18-3-7-21(31)20(29)15-18)28(34,19-5-6-19)12-11-22(33)17-4-8-23(37-14-13-30)25(16-17)36-2/h3-4,7-10,15-16,19,34H,5-6,11-14H2,1-2H3. The smallest absolute Gasteiger partial charge is 0.163 e. The number of aliphatic hydroxyl groups is 1. The van der Waals surface area contributed by atoms with Crippen LogP contribution in [0.25, 0.3) is 11.3 Å². The Hall–Kier alpha value is -3.23. The molecule has 1 aliphatic carbocycles. The number of hydrogen-bond acceptors (Lipinski definition) is 6. The van der Waals surface area contributed by atoms with Crippen molar-refractivity contribution in [3.8, 4) is 28.5 Å². The molecular formula is C28H28ClF2NO5. The average Bonchev–Trinajstić information content (AvgIpc) is 3.77. The van der Waals surface area contributed by atoms with Gasteiger partial charge in [-0.05, 0) is 73.7 Å². The lowest BCUT2D eigenvalue weighted by Crippen LogP contribution is -2.30. The molecule has 2 aromatic carbocycles. The zero-order valence-electron chi connectivity index (χ0n) is 20.6. The first-order valence-electron chi connectivity index (χ1n) is 11.9. The Balaban J connectivity index is 1.59. The van der Waals surface area contributed by atoms with E-state index in [1.54, 1.807) is 36.4 Å². The van der Waals surface area contributed by atoms with E-state index < -0.39 is 18.1 Å². The molecule has 0 radical (unpaired) electrons. The van der Waals surface area contributed by atoms with Crippen LogP contribution in [0.15, 0.2) is 48.5 Å². The van der Waals surface area contributed by atoms with E-state index in [0.29, 0.717) is 39.8 Å². The summed E-state index contributed by atoms with van der Waals surface area (Å²) in [6.07, 6.45) is 1.84. The van der Waals surface area contributed by atoms with Gasteiger partial charge in [-0.3, -0.25) is 4.79 Å². The highest BCUT2D eigenvalue weighted by Gasteiger charge is 2.46. The minimum absolute atomic E-state index is 0.0446. The number of nitrogens with zero attached hydrogens (tertiary/aromatic N) is 1. The minimum atomic E-state index is -1.34. The highest BCUT2D eigenvalue weighted by molar-refractivity contribution is 6.31. The van der Waals surface area contributed by atoms with Crippen molar-refractivity contribution >= 4 is 17.4 Å². The average molecular weight is 532 g/mol. The fourth-order valence-corrected chi connectivity index (χ4v) is 4.54. The Morgan fingerprint density at radius 3 is 2.46 bits per heavy atom. The number of ketones is 1. The molecule has 9 heteroatoms. The van der Waals surface area contributed by atoms with Crippen LogP contribution in [0.4, 0.5) is 8.78 Å². The Kier molecular flexibility index (Phi) is 8.29. The first-order valence-corrected chi connectivity index (χ1v) is 12.3.